The lowest BCUT2D eigenvalue weighted by atomic mass is 10.0. The maximum absolute atomic E-state index is 12.7. The van der Waals surface area contributed by atoms with E-state index >= 15 is 0 Å². The highest BCUT2D eigenvalue weighted by Gasteiger charge is 2.25. The van der Waals surface area contributed by atoms with Gasteiger partial charge in [-0.25, -0.2) is 0 Å². The normalized spacial score (nSPS) is 13.2. The Morgan fingerprint density at radius 1 is 0.566 bits per heavy atom. The lowest BCUT2D eigenvalue weighted by Gasteiger charge is -2.34. The Kier molecular flexibility index (Phi) is 35.2. The molecule has 0 radical (unpaired) electrons. The minimum atomic E-state index is -1.12. The average Bonchev–Trinajstić information content (AvgIpc) is 3.11. The number of quaternary nitrogens is 1. The Balaban J connectivity index is 4.32. The number of nitrogens with zero attached hydrogens (tertiary/aromatic N) is 1. The quantitative estimate of drug-likeness (QED) is 0.0267. The largest absolute Gasteiger partial charge is 0.544 e. The van der Waals surface area contributed by atoms with Crippen LogP contribution in [0.4, 0.5) is 0 Å². The van der Waals surface area contributed by atoms with Crippen LogP contribution in [0.1, 0.15) is 194 Å². The summed E-state index contributed by atoms with van der Waals surface area (Å²) < 4.78 is 17.1. The molecule has 0 heterocycles. The van der Waals surface area contributed by atoms with Crippen molar-refractivity contribution in [2.75, 3.05) is 41.0 Å². The zero-order valence-electron chi connectivity index (χ0n) is 35.2. The first kappa shape index (κ1) is 50.8. The second kappa shape index (κ2) is 36.8. The third-order valence-electron chi connectivity index (χ3n) is 9.84. The molecular formula is C45H83NO7. The molecule has 0 N–H and O–H groups in total. The van der Waals surface area contributed by atoms with Crippen LogP contribution >= 0.6 is 0 Å². The predicted octanol–water partition coefficient (Wildman–Crippen LogP) is 10.4. The zero-order valence-corrected chi connectivity index (χ0v) is 35.2. The number of carbonyl (C=O) groups is 3. The van der Waals surface area contributed by atoms with Crippen LogP contribution in [0.3, 0.4) is 0 Å². The van der Waals surface area contributed by atoms with Crippen LogP contribution in [0.15, 0.2) is 24.3 Å². The van der Waals surface area contributed by atoms with Crippen LogP contribution in [0.2, 0.25) is 0 Å². The van der Waals surface area contributed by atoms with E-state index in [1.54, 1.807) is 21.1 Å². The van der Waals surface area contributed by atoms with Crippen LogP contribution in [-0.4, -0.2) is 75.5 Å². The number of rotatable bonds is 39. The summed E-state index contributed by atoms with van der Waals surface area (Å²) >= 11 is 0. The van der Waals surface area contributed by atoms with E-state index in [0.717, 1.165) is 51.4 Å². The summed E-state index contributed by atoms with van der Waals surface area (Å²) in [6, 6.07) is -0.723. The molecule has 2 unspecified atom stereocenters. The molecule has 2 atom stereocenters. The Labute approximate surface area is 326 Å². The van der Waals surface area contributed by atoms with Gasteiger partial charge in [-0.1, -0.05) is 154 Å². The highest BCUT2D eigenvalue weighted by molar-refractivity contribution is 5.70. The van der Waals surface area contributed by atoms with Gasteiger partial charge in [0.25, 0.3) is 0 Å². The highest BCUT2D eigenvalue weighted by Crippen LogP contribution is 2.15. The zero-order chi connectivity index (χ0) is 39.3. The molecule has 0 rings (SSSR count). The molecule has 0 saturated heterocycles. The van der Waals surface area contributed by atoms with E-state index in [-0.39, 0.29) is 42.7 Å². The molecule has 8 heteroatoms. The number of carboxylic acid groups (broad SMARTS) is 1. The molecule has 0 aliphatic rings. The maximum Gasteiger partial charge on any atom is 0.306 e. The van der Waals surface area contributed by atoms with Gasteiger partial charge in [0.05, 0.1) is 40.3 Å². The summed E-state index contributed by atoms with van der Waals surface area (Å²) in [5.41, 5.74) is 0. The van der Waals surface area contributed by atoms with E-state index in [4.69, 9.17) is 14.2 Å². The standard InChI is InChI=1S/C45H83NO7/c1-6-8-10-12-14-16-18-20-21-22-23-24-26-27-29-31-33-35-43(47)52-40-41(39-51-38-37-42(45(49)50)46(3,4)5)53-44(48)36-34-32-30-28-25-19-17-15-13-11-9-7-2/h14,16,20-21,41-42H,6-13,15,17-19,22-40H2,1-5H3/b16-14+,21-20+. The molecule has 0 amide bonds. The minimum Gasteiger partial charge on any atom is -0.544 e. The Hall–Kier alpha value is -2.19. The number of ether oxygens (including phenoxy) is 3. The molecule has 0 aliphatic carbocycles. The first-order valence-electron chi connectivity index (χ1n) is 21.9. The minimum absolute atomic E-state index is 0.0420. The van der Waals surface area contributed by atoms with E-state index in [9.17, 15) is 19.5 Å². The van der Waals surface area contributed by atoms with Gasteiger partial charge in [-0.3, -0.25) is 9.59 Å². The number of aliphatic carboxylic acids is 1. The summed E-state index contributed by atoms with van der Waals surface area (Å²) in [5.74, 6) is -1.74. The third-order valence-corrected chi connectivity index (χ3v) is 9.84. The van der Waals surface area contributed by atoms with Gasteiger partial charge in [0.1, 0.15) is 12.6 Å². The maximum atomic E-state index is 12.7. The average molecular weight is 750 g/mol. The molecule has 0 fully saturated rings. The third kappa shape index (κ3) is 35.3. The van der Waals surface area contributed by atoms with Crippen LogP contribution < -0.4 is 5.11 Å². The van der Waals surface area contributed by atoms with E-state index in [2.05, 4.69) is 38.2 Å². The monoisotopic (exact) mass is 750 g/mol. The van der Waals surface area contributed by atoms with E-state index in [1.165, 1.54) is 109 Å². The van der Waals surface area contributed by atoms with Gasteiger partial charge in [0.15, 0.2) is 6.10 Å². The molecule has 0 aromatic rings. The van der Waals surface area contributed by atoms with Gasteiger partial charge in [-0.2, -0.15) is 0 Å². The van der Waals surface area contributed by atoms with Crippen molar-refractivity contribution in [2.45, 2.75) is 206 Å². The molecule has 8 nitrogen and oxygen atoms in total. The molecule has 0 aromatic carbocycles. The molecular weight excluding hydrogens is 666 g/mol. The van der Waals surface area contributed by atoms with Gasteiger partial charge < -0.3 is 28.6 Å². The fourth-order valence-electron chi connectivity index (χ4n) is 6.39. The van der Waals surface area contributed by atoms with E-state index < -0.39 is 18.1 Å². The first-order chi connectivity index (χ1) is 25.6. The van der Waals surface area contributed by atoms with Gasteiger partial charge in [-0.15, -0.1) is 0 Å². The van der Waals surface area contributed by atoms with Gasteiger partial charge in [-0.05, 0) is 44.9 Å². The number of likely N-dealkylation sites (N-methyl/N-ethyl adjacent to an activating group) is 1. The first-order valence-corrected chi connectivity index (χ1v) is 21.9. The Morgan fingerprint density at radius 2 is 1.00 bits per heavy atom. The number of hydrogen-bond donors (Lipinski definition) is 0. The lowest BCUT2D eigenvalue weighted by molar-refractivity contribution is -0.889. The summed E-state index contributed by atoms with van der Waals surface area (Å²) in [7, 11) is 5.41. The van der Waals surface area contributed by atoms with Gasteiger partial charge in [0.2, 0.25) is 0 Å². The Morgan fingerprint density at radius 3 is 1.49 bits per heavy atom. The van der Waals surface area contributed by atoms with Gasteiger partial charge >= 0.3 is 11.9 Å². The molecule has 0 spiro atoms. The predicted molar refractivity (Wildman–Crippen MR) is 217 cm³/mol. The van der Waals surface area contributed by atoms with Crippen molar-refractivity contribution in [3.8, 4) is 0 Å². The van der Waals surface area contributed by atoms with Crippen LogP contribution in [-0.2, 0) is 28.6 Å². The molecule has 0 aliphatic heterocycles. The van der Waals surface area contributed by atoms with Crippen LogP contribution in [0.25, 0.3) is 0 Å². The van der Waals surface area contributed by atoms with Crippen molar-refractivity contribution < 1.29 is 38.2 Å². The number of carboxylic acids is 1. The van der Waals surface area contributed by atoms with E-state index in [0.29, 0.717) is 12.8 Å². The molecule has 53 heavy (non-hydrogen) atoms. The number of hydrogen-bond acceptors (Lipinski definition) is 7. The second-order valence-corrected chi connectivity index (χ2v) is 15.9. The summed E-state index contributed by atoms with van der Waals surface area (Å²) in [4.78, 5) is 36.8. The van der Waals surface area contributed by atoms with Crippen LogP contribution in [0, 0.1) is 0 Å². The lowest BCUT2D eigenvalue weighted by Crippen LogP contribution is -2.55. The molecule has 310 valence electrons. The molecule has 0 bridgehead atoms. The van der Waals surface area contributed by atoms with Crippen molar-refractivity contribution in [2.24, 2.45) is 0 Å². The van der Waals surface area contributed by atoms with Crippen molar-refractivity contribution in [3.63, 3.8) is 0 Å². The van der Waals surface area contributed by atoms with E-state index in [1.807, 2.05) is 0 Å². The van der Waals surface area contributed by atoms with Crippen molar-refractivity contribution in [1.29, 1.82) is 0 Å². The number of unbranched alkanes of at least 4 members (excludes halogenated alkanes) is 21. The SMILES string of the molecule is CCCCC/C=C/C/C=C/CCCCCCCCCC(=O)OCC(COCCC(C(=O)[O-])[N+](C)(C)C)OC(=O)CCCCCCCCCCCCCC. The molecule has 0 aromatic heterocycles. The number of esters is 2. The smallest absolute Gasteiger partial charge is 0.306 e. The van der Waals surface area contributed by atoms with Crippen molar-refractivity contribution in [1.82, 2.24) is 0 Å². The number of carbonyl (C=O) groups excluding carboxylic acids is 3. The topological polar surface area (TPSA) is 102 Å². The fourth-order valence-corrected chi connectivity index (χ4v) is 6.39. The second-order valence-electron chi connectivity index (χ2n) is 15.9. The van der Waals surface area contributed by atoms with Crippen LogP contribution in [0.5, 0.6) is 0 Å². The van der Waals surface area contributed by atoms with Crippen molar-refractivity contribution in [3.05, 3.63) is 24.3 Å². The summed E-state index contributed by atoms with van der Waals surface area (Å²) in [6.07, 6.45) is 39.0. The summed E-state index contributed by atoms with van der Waals surface area (Å²) in [5, 5.41) is 11.6. The van der Waals surface area contributed by atoms with Gasteiger partial charge in [0, 0.05) is 19.3 Å². The molecule has 0 saturated carbocycles. The summed E-state index contributed by atoms with van der Waals surface area (Å²) in [6.45, 7) is 4.63. The Bertz CT molecular complexity index is 926. The number of allylic oxidation sites excluding steroid dienone is 4. The highest BCUT2D eigenvalue weighted by atomic mass is 16.6. The van der Waals surface area contributed by atoms with Crippen molar-refractivity contribution >= 4 is 17.9 Å². The fraction of sp³-hybridized carbons (Fsp3) is 0.844.